The first-order valence-corrected chi connectivity index (χ1v) is 14.7. The highest BCUT2D eigenvalue weighted by Gasteiger charge is 2.66. The number of ether oxygens (including phenoxy) is 1. The number of hydrogen-bond donors (Lipinski definition) is 1. The number of fused-ring (bicyclic) bond motifs is 2. The lowest BCUT2D eigenvalue weighted by Gasteiger charge is -2.35. The molecule has 1 atom stereocenters. The van der Waals surface area contributed by atoms with E-state index >= 15 is 0 Å². The van der Waals surface area contributed by atoms with Crippen LogP contribution in [0.15, 0.2) is 71.7 Å². The number of sulfonamides is 1. The van der Waals surface area contributed by atoms with Crippen LogP contribution in [-0.2, 0) is 34.7 Å². The smallest absolute Gasteiger partial charge is 0.296 e. The van der Waals surface area contributed by atoms with Gasteiger partial charge in [-0.3, -0.25) is 14.4 Å². The molecule has 3 aliphatic heterocycles. The molecule has 0 unspecified atom stereocenters. The minimum Gasteiger partial charge on any atom is -0.507 e. The van der Waals surface area contributed by atoms with Crippen molar-refractivity contribution in [3.05, 3.63) is 77.9 Å². The second-order valence-electron chi connectivity index (χ2n) is 10.3. The fourth-order valence-electron chi connectivity index (χ4n) is 5.64. The number of morpholine rings is 1. The molecule has 1 spiro atoms. The lowest BCUT2D eigenvalue weighted by atomic mass is 9.82. The van der Waals surface area contributed by atoms with Crippen molar-refractivity contribution >= 4 is 39.1 Å². The molecule has 3 aliphatic rings. The second kappa shape index (κ2) is 10.9. The van der Waals surface area contributed by atoms with Gasteiger partial charge in [0, 0.05) is 43.9 Å². The number of carbonyl (C=O) groups is 3. The molecule has 2 aromatic rings. The van der Waals surface area contributed by atoms with Gasteiger partial charge in [-0.2, -0.15) is 4.31 Å². The van der Waals surface area contributed by atoms with E-state index < -0.39 is 38.9 Å². The number of ketones is 1. The molecular formula is C29H32N4O7S. The molecule has 216 valence electrons. The van der Waals surface area contributed by atoms with Crippen molar-refractivity contribution in [1.82, 2.24) is 14.1 Å². The van der Waals surface area contributed by atoms with Gasteiger partial charge in [0.1, 0.15) is 5.76 Å². The Labute approximate surface area is 238 Å². The van der Waals surface area contributed by atoms with Crippen LogP contribution in [-0.4, -0.2) is 105 Å². The van der Waals surface area contributed by atoms with Crippen molar-refractivity contribution in [2.75, 3.05) is 64.9 Å². The van der Waals surface area contributed by atoms with Crippen LogP contribution in [0.2, 0.25) is 0 Å². The number of benzene rings is 2. The number of amides is 2. The summed E-state index contributed by atoms with van der Waals surface area (Å²) < 4.78 is 32.8. The van der Waals surface area contributed by atoms with Gasteiger partial charge in [-0.05, 0) is 44.4 Å². The van der Waals surface area contributed by atoms with E-state index in [4.69, 9.17) is 4.74 Å². The highest BCUT2D eigenvalue weighted by molar-refractivity contribution is 7.89. The summed E-state index contributed by atoms with van der Waals surface area (Å²) in [6.07, 6.45) is 1.55. The highest BCUT2D eigenvalue weighted by Crippen LogP contribution is 2.53. The monoisotopic (exact) mass is 580 g/mol. The number of rotatable bonds is 8. The molecule has 0 saturated carbocycles. The first-order valence-electron chi connectivity index (χ1n) is 13.2. The van der Waals surface area contributed by atoms with Crippen molar-refractivity contribution in [3.63, 3.8) is 0 Å². The lowest BCUT2D eigenvalue weighted by Crippen LogP contribution is -2.53. The number of likely N-dealkylation sites (tertiary alicyclic amines) is 1. The van der Waals surface area contributed by atoms with E-state index in [1.54, 1.807) is 30.3 Å². The fraction of sp³-hybridized carbons (Fsp3) is 0.345. The fourth-order valence-corrected chi connectivity index (χ4v) is 7.05. The largest absolute Gasteiger partial charge is 0.507 e. The highest BCUT2D eigenvalue weighted by atomic mass is 32.2. The molecule has 2 aromatic carbocycles. The number of para-hydroxylation sites is 1. The lowest BCUT2D eigenvalue weighted by molar-refractivity contribution is -0.143. The zero-order chi connectivity index (χ0) is 29.5. The predicted octanol–water partition coefficient (Wildman–Crippen LogP) is 1.38. The molecule has 2 saturated heterocycles. The maximum Gasteiger partial charge on any atom is 0.296 e. The van der Waals surface area contributed by atoms with Gasteiger partial charge in [-0.15, -0.1) is 6.58 Å². The van der Waals surface area contributed by atoms with E-state index in [2.05, 4.69) is 6.58 Å². The van der Waals surface area contributed by atoms with Gasteiger partial charge >= 0.3 is 0 Å². The molecule has 5 rings (SSSR count). The number of hydrogen-bond acceptors (Lipinski definition) is 8. The molecule has 0 aliphatic carbocycles. The summed E-state index contributed by atoms with van der Waals surface area (Å²) in [6, 6.07) is 12.3. The summed E-state index contributed by atoms with van der Waals surface area (Å²) in [7, 11) is -0.181. The Morgan fingerprint density at radius 2 is 1.73 bits per heavy atom. The number of nitrogens with zero attached hydrogens (tertiary/aromatic N) is 4. The Hall–Kier alpha value is -3.84. The molecule has 3 heterocycles. The molecule has 12 heteroatoms. The summed E-state index contributed by atoms with van der Waals surface area (Å²) in [5.41, 5.74) is -1.24. The SMILES string of the molecule is C=CCN1C(=O)[C@@]2(C(=C(O)c3ccc(S(=O)(=O)N4CCOCC4)cc3)C(=O)C(=O)N2CCN(C)C)c2ccccc21. The van der Waals surface area contributed by atoms with Crippen LogP contribution in [0.25, 0.3) is 5.76 Å². The second-order valence-corrected chi connectivity index (χ2v) is 12.2. The third-order valence-corrected chi connectivity index (χ3v) is 9.54. The van der Waals surface area contributed by atoms with Crippen LogP contribution in [0.1, 0.15) is 11.1 Å². The Bertz CT molecular complexity index is 1540. The number of likely N-dealkylation sites (N-methyl/N-ethyl adjacent to an activating group) is 1. The Kier molecular flexibility index (Phi) is 7.60. The molecule has 0 radical (unpaired) electrons. The van der Waals surface area contributed by atoms with Crippen LogP contribution in [0, 0.1) is 0 Å². The Morgan fingerprint density at radius 3 is 2.37 bits per heavy atom. The van der Waals surface area contributed by atoms with Crippen LogP contribution in [0.5, 0.6) is 0 Å². The van der Waals surface area contributed by atoms with Gasteiger partial charge in [-0.25, -0.2) is 8.42 Å². The van der Waals surface area contributed by atoms with Crippen molar-refractivity contribution in [1.29, 1.82) is 0 Å². The van der Waals surface area contributed by atoms with Crippen LogP contribution < -0.4 is 4.90 Å². The number of carbonyl (C=O) groups excluding carboxylic acids is 3. The zero-order valence-corrected chi connectivity index (χ0v) is 23.8. The maximum absolute atomic E-state index is 14.3. The van der Waals surface area contributed by atoms with Gasteiger partial charge in [0.15, 0.2) is 5.54 Å². The van der Waals surface area contributed by atoms with Gasteiger partial charge in [-0.1, -0.05) is 24.3 Å². The first kappa shape index (κ1) is 28.7. The average Bonchev–Trinajstić information content (AvgIpc) is 3.35. The third kappa shape index (κ3) is 4.47. The average molecular weight is 581 g/mol. The van der Waals surface area contributed by atoms with Crippen molar-refractivity contribution in [2.24, 2.45) is 0 Å². The molecule has 41 heavy (non-hydrogen) atoms. The van der Waals surface area contributed by atoms with Gasteiger partial charge in [0.05, 0.1) is 29.4 Å². The normalized spacial score (nSPS) is 22.7. The van der Waals surface area contributed by atoms with E-state index in [1.165, 1.54) is 38.4 Å². The van der Waals surface area contributed by atoms with E-state index in [0.717, 1.165) is 0 Å². The molecule has 2 amide bonds. The zero-order valence-electron chi connectivity index (χ0n) is 22.9. The van der Waals surface area contributed by atoms with Gasteiger partial charge < -0.3 is 24.5 Å². The summed E-state index contributed by atoms with van der Waals surface area (Å²) in [5.74, 6) is -3.00. The quantitative estimate of drug-likeness (QED) is 0.215. The molecule has 0 bridgehead atoms. The molecule has 1 N–H and O–H groups in total. The number of anilines is 1. The minimum absolute atomic E-state index is 0.0107. The number of aliphatic hydroxyl groups excluding tert-OH is 1. The predicted molar refractivity (Wildman–Crippen MR) is 152 cm³/mol. The van der Waals surface area contributed by atoms with Crippen molar-refractivity contribution in [2.45, 2.75) is 10.4 Å². The maximum atomic E-state index is 14.3. The topological polar surface area (TPSA) is 128 Å². The summed E-state index contributed by atoms with van der Waals surface area (Å²) in [4.78, 5) is 46.0. The molecule has 2 fully saturated rings. The van der Waals surface area contributed by atoms with Crippen LogP contribution in [0.3, 0.4) is 0 Å². The van der Waals surface area contributed by atoms with Crippen LogP contribution in [0.4, 0.5) is 5.69 Å². The summed E-state index contributed by atoms with van der Waals surface area (Å²) >= 11 is 0. The van der Waals surface area contributed by atoms with Crippen LogP contribution >= 0.6 is 0 Å². The summed E-state index contributed by atoms with van der Waals surface area (Å²) in [5, 5.41) is 11.6. The van der Waals surface area contributed by atoms with E-state index in [9.17, 15) is 27.9 Å². The van der Waals surface area contributed by atoms with Crippen molar-refractivity contribution < 1.29 is 32.6 Å². The first-order chi connectivity index (χ1) is 19.6. The number of Topliss-reactive ketones (excluding diaryl/α,β-unsaturated/α-hetero) is 1. The Morgan fingerprint density at radius 1 is 1.07 bits per heavy atom. The van der Waals surface area contributed by atoms with Crippen molar-refractivity contribution in [3.8, 4) is 0 Å². The minimum atomic E-state index is -3.80. The standard InChI is InChI=1S/C29H32N4O7S/c1-4-13-32-23-8-6-5-7-22(23)29(28(32)37)24(26(35)27(36)33(29)15-14-30(2)3)25(34)20-9-11-21(12-10-20)41(38,39)31-16-18-40-19-17-31/h4-12,34H,1,13-19H2,2-3H3/t29-/m0/s1. The summed E-state index contributed by atoms with van der Waals surface area (Å²) in [6.45, 7) is 5.33. The van der Waals surface area contributed by atoms with Gasteiger partial charge in [0.25, 0.3) is 17.6 Å². The van der Waals surface area contributed by atoms with E-state index in [0.29, 0.717) is 31.0 Å². The Balaban J connectivity index is 1.67. The van der Waals surface area contributed by atoms with E-state index in [1.807, 2.05) is 19.0 Å². The van der Waals surface area contributed by atoms with Gasteiger partial charge in [0.2, 0.25) is 10.0 Å². The van der Waals surface area contributed by atoms with E-state index in [-0.39, 0.29) is 42.2 Å². The molecular weight excluding hydrogens is 548 g/mol. The molecule has 0 aromatic heterocycles. The molecule has 11 nitrogen and oxygen atoms in total. The third-order valence-electron chi connectivity index (χ3n) is 7.63. The number of aliphatic hydroxyl groups is 1.